The molecule has 1 aliphatic heterocycles. The molecule has 1 aromatic carbocycles. The van der Waals surface area contributed by atoms with Crippen molar-refractivity contribution in [2.45, 2.75) is 51.6 Å². The Labute approximate surface area is 140 Å². The second-order valence-electron chi connectivity index (χ2n) is 7.36. The highest BCUT2D eigenvalue weighted by atomic mass is 16.4. The van der Waals surface area contributed by atoms with E-state index in [1.807, 2.05) is 12.1 Å². The van der Waals surface area contributed by atoms with Crippen LogP contribution in [-0.2, 0) is 6.54 Å². The molecule has 0 amide bonds. The van der Waals surface area contributed by atoms with Crippen LogP contribution in [0.3, 0.4) is 0 Å². The Morgan fingerprint density at radius 1 is 1.22 bits per heavy atom. The molecule has 4 nitrogen and oxygen atoms in total. The van der Waals surface area contributed by atoms with Gasteiger partial charge >= 0.3 is 5.97 Å². The van der Waals surface area contributed by atoms with Crippen LogP contribution in [0.4, 0.5) is 0 Å². The molecule has 0 spiro atoms. The maximum atomic E-state index is 11.1. The van der Waals surface area contributed by atoms with Crippen LogP contribution in [-0.4, -0.2) is 53.1 Å². The van der Waals surface area contributed by atoms with Gasteiger partial charge in [-0.05, 0) is 64.5 Å². The summed E-state index contributed by atoms with van der Waals surface area (Å²) in [6, 6.07) is 7.26. The van der Waals surface area contributed by atoms with E-state index in [2.05, 4.69) is 30.7 Å². The molecule has 1 heterocycles. The van der Waals surface area contributed by atoms with E-state index in [9.17, 15) is 4.79 Å². The van der Waals surface area contributed by atoms with Gasteiger partial charge in [0, 0.05) is 18.6 Å². The summed E-state index contributed by atoms with van der Waals surface area (Å²) in [6.07, 6.45) is 5.32. The molecule has 0 saturated carbocycles. The quantitative estimate of drug-likeness (QED) is 0.872. The lowest BCUT2D eigenvalue weighted by atomic mass is 10.0. The first-order valence-corrected chi connectivity index (χ1v) is 8.64. The zero-order chi connectivity index (χ0) is 16.9. The molecule has 0 radical (unpaired) electrons. The van der Waals surface area contributed by atoms with Crippen molar-refractivity contribution in [1.29, 1.82) is 0 Å². The maximum Gasteiger partial charge on any atom is 0.335 e. The highest BCUT2D eigenvalue weighted by Crippen LogP contribution is 2.20. The molecule has 1 N–H and O–H groups in total. The number of aromatic carboxylic acids is 1. The summed E-state index contributed by atoms with van der Waals surface area (Å²) in [6.45, 7) is 8.78. The number of rotatable bonds is 6. The van der Waals surface area contributed by atoms with Crippen molar-refractivity contribution in [3.05, 3.63) is 35.4 Å². The number of benzene rings is 1. The Hall–Kier alpha value is -1.39. The Morgan fingerprint density at radius 3 is 2.48 bits per heavy atom. The SMILES string of the molecule is CN(Cc1cccc(C(=O)O)c1)C(C)(C)CN1CCCCCC1. The van der Waals surface area contributed by atoms with Gasteiger partial charge < -0.3 is 10.0 Å². The second-order valence-corrected chi connectivity index (χ2v) is 7.36. The molecule has 0 atom stereocenters. The third-order valence-corrected chi connectivity index (χ3v) is 4.94. The van der Waals surface area contributed by atoms with Gasteiger partial charge in [0.15, 0.2) is 0 Å². The molecule has 1 saturated heterocycles. The first kappa shape index (κ1) is 18.0. The molecule has 0 aromatic heterocycles. The first-order valence-electron chi connectivity index (χ1n) is 8.64. The van der Waals surface area contributed by atoms with E-state index in [1.165, 1.54) is 38.8 Å². The van der Waals surface area contributed by atoms with E-state index >= 15 is 0 Å². The molecular weight excluding hydrogens is 288 g/mol. The van der Waals surface area contributed by atoms with E-state index in [1.54, 1.807) is 12.1 Å². The number of hydrogen-bond donors (Lipinski definition) is 1. The summed E-state index contributed by atoms with van der Waals surface area (Å²) >= 11 is 0. The van der Waals surface area contributed by atoms with Crippen LogP contribution in [0, 0.1) is 0 Å². The summed E-state index contributed by atoms with van der Waals surface area (Å²) in [5, 5.41) is 9.13. The van der Waals surface area contributed by atoms with Crippen LogP contribution in [0.5, 0.6) is 0 Å². The van der Waals surface area contributed by atoms with Crippen LogP contribution in [0.15, 0.2) is 24.3 Å². The van der Waals surface area contributed by atoms with Gasteiger partial charge in [0.25, 0.3) is 0 Å². The molecule has 0 bridgehead atoms. The highest BCUT2D eigenvalue weighted by molar-refractivity contribution is 5.87. The van der Waals surface area contributed by atoms with Crippen molar-refractivity contribution >= 4 is 5.97 Å². The summed E-state index contributed by atoms with van der Waals surface area (Å²) in [4.78, 5) is 16.0. The Balaban J connectivity index is 1.98. The van der Waals surface area contributed by atoms with Crippen molar-refractivity contribution < 1.29 is 9.90 Å². The molecule has 0 unspecified atom stereocenters. The van der Waals surface area contributed by atoms with E-state index < -0.39 is 5.97 Å². The van der Waals surface area contributed by atoms with Crippen LogP contribution in [0.25, 0.3) is 0 Å². The molecule has 1 aromatic rings. The van der Waals surface area contributed by atoms with E-state index in [0.29, 0.717) is 5.56 Å². The lowest BCUT2D eigenvalue weighted by Crippen LogP contribution is -2.49. The van der Waals surface area contributed by atoms with Crippen molar-refractivity contribution in [3.8, 4) is 0 Å². The number of carbonyl (C=O) groups is 1. The molecule has 2 rings (SSSR count). The van der Waals surface area contributed by atoms with Gasteiger partial charge in [0.05, 0.1) is 5.56 Å². The average molecular weight is 318 g/mol. The average Bonchev–Trinajstić information content (AvgIpc) is 2.75. The monoisotopic (exact) mass is 318 g/mol. The van der Waals surface area contributed by atoms with Gasteiger partial charge in [-0.3, -0.25) is 4.90 Å². The van der Waals surface area contributed by atoms with E-state index in [0.717, 1.165) is 18.7 Å². The fourth-order valence-electron chi connectivity index (χ4n) is 3.25. The van der Waals surface area contributed by atoms with Crippen LogP contribution in [0.1, 0.15) is 55.5 Å². The van der Waals surface area contributed by atoms with Gasteiger partial charge in [0.2, 0.25) is 0 Å². The molecular formula is C19H30N2O2. The minimum absolute atomic E-state index is 0.0591. The molecule has 23 heavy (non-hydrogen) atoms. The Morgan fingerprint density at radius 2 is 1.87 bits per heavy atom. The summed E-state index contributed by atoms with van der Waals surface area (Å²) in [5.41, 5.74) is 1.47. The zero-order valence-electron chi connectivity index (χ0n) is 14.7. The summed E-state index contributed by atoms with van der Waals surface area (Å²) in [5.74, 6) is -0.863. The fraction of sp³-hybridized carbons (Fsp3) is 0.632. The standard InChI is InChI=1S/C19H30N2O2/c1-19(2,15-21-11-6-4-5-7-12-21)20(3)14-16-9-8-10-17(13-16)18(22)23/h8-10,13H,4-7,11-12,14-15H2,1-3H3,(H,22,23). The summed E-state index contributed by atoms with van der Waals surface area (Å²) < 4.78 is 0. The van der Waals surface area contributed by atoms with Crippen molar-refractivity contribution in [2.24, 2.45) is 0 Å². The predicted molar refractivity (Wildman–Crippen MR) is 93.9 cm³/mol. The van der Waals surface area contributed by atoms with E-state index in [4.69, 9.17) is 5.11 Å². The molecule has 1 fully saturated rings. The second kappa shape index (κ2) is 7.93. The zero-order valence-corrected chi connectivity index (χ0v) is 14.7. The van der Waals surface area contributed by atoms with Crippen molar-refractivity contribution in [2.75, 3.05) is 26.7 Å². The Kier molecular flexibility index (Phi) is 6.19. The smallest absolute Gasteiger partial charge is 0.335 e. The summed E-state index contributed by atoms with van der Waals surface area (Å²) in [7, 11) is 2.13. The number of hydrogen-bond acceptors (Lipinski definition) is 3. The van der Waals surface area contributed by atoms with Crippen LogP contribution in [0.2, 0.25) is 0 Å². The van der Waals surface area contributed by atoms with Crippen LogP contribution < -0.4 is 0 Å². The molecule has 1 aliphatic rings. The Bertz CT molecular complexity index is 520. The number of carboxylic acids is 1. The molecule has 128 valence electrons. The molecule has 0 aliphatic carbocycles. The van der Waals surface area contributed by atoms with Gasteiger partial charge in [0.1, 0.15) is 0 Å². The largest absolute Gasteiger partial charge is 0.478 e. The molecule has 4 heteroatoms. The predicted octanol–water partition coefficient (Wildman–Crippen LogP) is 3.47. The maximum absolute atomic E-state index is 11.1. The highest BCUT2D eigenvalue weighted by Gasteiger charge is 2.27. The third-order valence-electron chi connectivity index (χ3n) is 4.94. The van der Waals surface area contributed by atoms with Crippen LogP contribution >= 0.6 is 0 Å². The third kappa shape index (κ3) is 5.33. The fourth-order valence-corrected chi connectivity index (χ4v) is 3.25. The number of likely N-dealkylation sites (tertiary alicyclic amines) is 1. The van der Waals surface area contributed by atoms with Gasteiger partial charge in [-0.15, -0.1) is 0 Å². The van der Waals surface area contributed by atoms with Gasteiger partial charge in [-0.25, -0.2) is 4.79 Å². The number of nitrogens with zero attached hydrogens (tertiary/aromatic N) is 2. The lowest BCUT2D eigenvalue weighted by molar-refractivity contribution is 0.0696. The first-order chi connectivity index (χ1) is 10.9. The van der Waals surface area contributed by atoms with Crippen molar-refractivity contribution in [1.82, 2.24) is 9.80 Å². The number of carboxylic acid groups (broad SMARTS) is 1. The minimum Gasteiger partial charge on any atom is -0.478 e. The topological polar surface area (TPSA) is 43.8 Å². The van der Waals surface area contributed by atoms with Gasteiger partial charge in [-0.2, -0.15) is 0 Å². The van der Waals surface area contributed by atoms with E-state index in [-0.39, 0.29) is 5.54 Å². The lowest BCUT2D eigenvalue weighted by Gasteiger charge is -2.39. The van der Waals surface area contributed by atoms with Crippen molar-refractivity contribution in [3.63, 3.8) is 0 Å². The minimum atomic E-state index is -0.863. The number of likely N-dealkylation sites (N-methyl/N-ethyl adjacent to an activating group) is 1. The van der Waals surface area contributed by atoms with Gasteiger partial charge in [-0.1, -0.05) is 25.0 Å². The normalized spacial score (nSPS) is 17.2.